The zero-order chi connectivity index (χ0) is 15.8. The van der Waals surface area contributed by atoms with Crippen molar-refractivity contribution in [2.75, 3.05) is 13.7 Å². The maximum Gasteiger partial charge on any atom is 0.326 e. The first-order valence-corrected chi connectivity index (χ1v) is 6.69. The quantitative estimate of drug-likeness (QED) is 0.756. The third-order valence-electron chi connectivity index (χ3n) is 2.93. The molecular formula is C15H21NO5. The van der Waals surface area contributed by atoms with Crippen LogP contribution in [0.15, 0.2) is 24.3 Å². The number of aliphatic carboxylic acids is 1. The number of aryl methyl sites for hydroxylation is 1. The highest BCUT2D eigenvalue weighted by Gasteiger charge is 2.23. The Kier molecular flexibility index (Phi) is 6.68. The SMILES string of the molecule is COCCC(NC(=O)C(C)Oc1ccc(C)cc1)C(=O)O. The lowest BCUT2D eigenvalue weighted by molar-refractivity contribution is -0.143. The molecule has 0 aromatic heterocycles. The first kappa shape index (κ1) is 17.0. The van der Waals surface area contributed by atoms with Crippen molar-refractivity contribution in [1.29, 1.82) is 0 Å². The Labute approximate surface area is 124 Å². The second-order valence-electron chi connectivity index (χ2n) is 4.75. The van der Waals surface area contributed by atoms with Gasteiger partial charge in [0.2, 0.25) is 0 Å². The predicted molar refractivity (Wildman–Crippen MR) is 77.3 cm³/mol. The molecule has 2 atom stereocenters. The number of benzene rings is 1. The Morgan fingerprint density at radius 1 is 1.29 bits per heavy atom. The molecule has 0 spiro atoms. The number of carboxylic acid groups (broad SMARTS) is 1. The van der Waals surface area contributed by atoms with Crippen LogP contribution in [-0.2, 0) is 14.3 Å². The van der Waals surface area contributed by atoms with Gasteiger partial charge in [-0.2, -0.15) is 0 Å². The first-order chi connectivity index (χ1) is 9.93. The molecule has 0 aliphatic rings. The minimum atomic E-state index is -1.09. The standard InChI is InChI=1S/C15H21NO5/c1-10-4-6-12(7-5-10)21-11(2)14(17)16-13(15(18)19)8-9-20-3/h4-7,11,13H,8-9H2,1-3H3,(H,16,17)(H,18,19). The van der Waals surface area contributed by atoms with Gasteiger partial charge in [0.1, 0.15) is 11.8 Å². The summed E-state index contributed by atoms with van der Waals surface area (Å²) in [5.41, 5.74) is 1.09. The maximum atomic E-state index is 12.0. The van der Waals surface area contributed by atoms with E-state index in [0.29, 0.717) is 5.75 Å². The zero-order valence-electron chi connectivity index (χ0n) is 12.5. The fraction of sp³-hybridized carbons (Fsp3) is 0.467. The molecule has 0 aliphatic heterocycles. The van der Waals surface area contributed by atoms with Crippen molar-refractivity contribution < 1.29 is 24.2 Å². The monoisotopic (exact) mass is 295 g/mol. The number of carboxylic acids is 1. The topological polar surface area (TPSA) is 84.9 Å². The molecule has 1 amide bonds. The third kappa shape index (κ3) is 5.83. The van der Waals surface area contributed by atoms with Crippen LogP contribution in [0.4, 0.5) is 0 Å². The van der Waals surface area contributed by atoms with Crippen molar-refractivity contribution >= 4 is 11.9 Å². The van der Waals surface area contributed by atoms with E-state index in [4.69, 9.17) is 14.6 Å². The summed E-state index contributed by atoms with van der Waals surface area (Å²) in [7, 11) is 1.48. The summed E-state index contributed by atoms with van der Waals surface area (Å²) in [5.74, 6) is -1.01. The highest BCUT2D eigenvalue weighted by Crippen LogP contribution is 2.13. The fourth-order valence-corrected chi connectivity index (χ4v) is 1.66. The average molecular weight is 295 g/mol. The van der Waals surface area contributed by atoms with Crippen LogP contribution in [-0.4, -0.2) is 42.8 Å². The zero-order valence-corrected chi connectivity index (χ0v) is 12.5. The normalized spacial score (nSPS) is 13.3. The van der Waals surface area contributed by atoms with Gasteiger partial charge < -0.3 is 19.9 Å². The number of nitrogens with one attached hydrogen (secondary N) is 1. The van der Waals surface area contributed by atoms with Gasteiger partial charge in [0.15, 0.2) is 6.10 Å². The van der Waals surface area contributed by atoms with Gasteiger partial charge in [-0.25, -0.2) is 4.79 Å². The van der Waals surface area contributed by atoms with Crippen molar-refractivity contribution in [2.45, 2.75) is 32.4 Å². The molecule has 116 valence electrons. The molecule has 2 N–H and O–H groups in total. The second-order valence-corrected chi connectivity index (χ2v) is 4.75. The molecule has 1 aromatic rings. The summed E-state index contributed by atoms with van der Waals surface area (Å²) < 4.78 is 10.3. The van der Waals surface area contributed by atoms with Gasteiger partial charge in [-0.1, -0.05) is 17.7 Å². The van der Waals surface area contributed by atoms with E-state index in [1.54, 1.807) is 19.1 Å². The van der Waals surface area contributed by atoms with Crippen LogP contribution < -0.4 is 10.1 Å². The van der Waals surface area contributed by atoms with E-state index in [9.17, 15) is 9.59 Å². The van der Waals surface area contributed by atoms with E-state index in [1.165, 1.54) is 7.11 Å². The Morgan fingerprint density at radius 3 is 2.43 bits per heavy atom. The number of rotatable bonds is 8. The van der Waals surface area contributed by atoms with E-state index in [0.717, 1.165) is 5.56 Å². The number of methoxy groups -OCH3 is 1. The van der Waals surface area contributed by atoms with Gasteiger partial charge in [-0.05, 0) is 26.0 Å². The minimum Gasteiger partial charge on any atom is -0.481 e. The van der Waals surface area contributed by atoms with E-state index >= 15 is 0 Å². The number of carbonyl (C=O) groups excluding carboxylic acids is 1. The van der Waals surface area contributed by atoms with Crippen molar-refractivity contribution in [3.05, 3.63) is 29.8 Å². The predicted octanol–water partition coefficient (Wildman–Crippen LogP) is 1.37. The second kappa shape index (κ2) is 8.26. The molecule has 0 fully saturated rings. The summed E-state index contributed by atoms with van der Waals surface area (Å²) in [6, 6.07) is 6.29. The lowest BCUT2D eigenvalue weighted by atomic mass is 10.2. The number of hydrogen-bond acceptors (Lipinski definition) is 4. The van der Waals surface area contributed by atoms with Crippen LogP contribution in [0.3, 0.4) is 0 Å². The maximum absolute atomic E-state index is 12.0. The molecule has 0 aliphatic carbocycles. The van der Waals surface area contributed by atoms with Gasteiger partial charge in [0.25, 0.3) is 5.91 Å². The van der Waals surface area contributed by atoms with Gasteiger partial charge in [-0.15, -0.1) is 0 Å². The molecule has 0 saturated heterocycles. The highest BCUT2D eigenvalue weighted by molar-refractivity contribution is 5.86. The molecule has 0 radical (unpaired) electrons. The summed E-state index contributed by atoms with van der Waals surface area (Å²) in [6.45, 7) is 3.78. The number of amides is 1. The lowest BCUT2D eigenvalue weighted by Gasteiger charge is -2.18. The van der Waals surface area contributed by atoms with Crippen molar-refractivity contribution in [1.82, 2.24) is 5.32 Å². The number of hydrogen-bond donors (Lipinski definition) is 2. The number of carbonyl (C=O) groups is 2. The Morgan fingerprint density at radius 2 is 1.90 bits per heavy atom. The summed E-state index contributed by atoms with van der Waals surface area (Å²) >= 11 is 0. The molecule has 0 bridgehead atoms. The van der Waals surface area contributed by atoms with Gasteiger partial charge in [0.05, 0.1) is 0 Å². The van der Waals surface area contributed by atoms with Crippen LogP contribution in [0.1, 0.15) is 18.9 Å². The van der Waals surface area contributed by atoms with Crippen molar-refractivity contribution in [3.63, 3.8) is 0 Å². The van der Waals surface area contributed by atoms with Crippen LogP contribution in [0.2, 0.25) is 0 Å². The van der Waals surface area contributed by atoms with Crippen LogP contribution >= 0.6 is 0 Å². The van der Waals surface area contributed by atoms with Crippen LogP contribution in [0, 0.1) is 6.92 Å². The molecule has 1 aromatic carbocycles. The lowest BCUT2D eigenvalue weighted by Crippen LogP contribution is -2.46. The number of ether oxygens (including phenoxy) is 2. The van der Waals surface area contributed by atoms with E-state index in [2.05, 4.69) is 5.32 Å². The highest BCUT2D eigenvalue weighted by atomic mass is 16.5. The molecular weight excluding hydrogens is 274 g/mol. The van der Waals surface area contributed by atoms with E-state index in [-0.39, 0.29) is 13.0 Å². The van der Waals surface area contributed by atoms with E-state index < -0.39 is 24.0 Å². The molecule has 6 heteroatoms. The fourth-order valence-electron chi connectivity index (χ4n) is 1.66. The summed E-state index contributed by atoms with van der Waals surface area (Å²) in [4.78, 5) is 23.0. The Bertz CT molecular complexity index is 471. The summed E-state index contributed by atoms with van der Waals surface area (Å²) in [6.07, 6.45) is -0.577. The molecule has 6 nitrogen and oxygen atoms in total. The Hall–Kier alpha value is -2.08. The molecule has 21 heavy (non-hydrogen) atoms. The van der Waals surface area contributed by atoms with Crippen molar-refractivity contribution in [3.8, 4) is 5.75 Å². The Balaban J connectivity index is 2.56. The van der Waals surface area contributed by atoms with Crippen molar-refractivity contribution in [2.24, 2.45) is 0 Å². The largest absolute Gasteiger partial charge is 0.481 e. The first-order valence-electron chi connectivity index (χ1n) is 6.69. The smallest absolute Gasteiger partial charge is 0.326 e. The minimum absolute atomic E-state index is 0.203. The molecule has 2 unspecified atom stereocenters. The third-order valence-corrected chi connectivity index (χ3v) is 2.93. The van der Waals surface area contributed by atoms with Gasteiger partial charge in [-0.3, -0.25) is 4.79 Å². The van der Waals surface area contributed by atoms with Crippen LogP contribution in [0.25, 0.3) is 0 Å². The average Bonchev–Trinajstić information content (AvgIpc) is 2.45. The molecule has 0 saturated carbocycles. The van der Waals surface area contributed by atoms with Crippen LogP contribution in [0.5, 0.6) is 5.75 Å². The summed E-state index contributed by atoms with van der Waals surface area (Å²) in [5, 5.41) is 11.5. The molecule has 0 heterocycles. The van der Waals surface area contributed by atoms with Gasteiger partial charge in [0, 0.05) is 20.1 Å². The molecule has 1 rings (SSSR count). The van der Waals surface area contributed by atoms with E-state index in [1.807, 2.05) is 19.1 Å². The van der Waals surface area contributed by atoms with Gasteiger partial charge >= 0.3 is 5.97 Å².